The lowest BCUT2D eigenvalue weighted by Gasteiger charge is -2.09. The molecule has 0 unspecified atom stereocenters. The molecular formula is C14H15N5O. The summed E-state index contributed by atoms with van der Waals surface area (Å²) in [6, 6.07) is 7.86. The topological polar surface area (TPSA) is 79.6 Å². The van der Waals surface area contributed by atoms with E-state index in [-0.39, 0.29) is 0 Å². The maximum absolute atomic E-state index is 5.49. The summed E-state index contributed by atoms with van der Waals surface area (Å²) in [6.45, 7) is 4.46. The van der Waals surface area contributed by atoms with Gasteiger partial charge in [0, 0.05) is 30.4 Å². The highest BCUT2D eigenvalue weighted by molar-refractivity contribution is 5.72. The van der Waals surface area contributed by atoms with E-state index in [0.29, 0.717) is 18.3 Å². The van der Waals surface area contributed by atoms with Crippen LogP contribution in [0.3, 0.4) is 0 Å². The normalized spacial score (nSPS) is 10.7. The molecule has 0 atom stereocenters. The number of nitrogens with zero attached hydrogens (tertiary/aromatic N) is 3. The van der Waals surface area contributed by atoms with Crippen LogP contribution in [0.1, 0.15) is 17.1 Å². The van der Waals surface area contributed by atoms with Gasteiger partial charge in [0.05, 0.1) is 11.8 Å². The number of H-pyrrole nitrogens is 1. The van der Waals surface area contributed by atoms with Crippen LogP contribution in [-0.2, 0) is 6.54 Å². The second-order valence-electron chi connectivity index (χ2n) is 4.55. The highest BCUT2D eigenvalue weighted by atomic mass is 16.4. The molecule has 0 spiro atoms. The average Bonchev–Trinajstić information content (AvgIpc) is 3.06. The molecule has 0 aliphatic rings. The zero-order valence-corrected chi connectivity index (χ0v) is 11.3. The van der Waals surface area contributed by atoms with Gasteiger partial charge in [0.15, 0.2) is 0 Å². The van der Waals surface area contributed by atoms with Crippen molar-refractivity contribution in [2.24, 2.45) is 0 Å². The monoisotopic (exact) mass is 269 g/mol. The Hall–Kier alpha value is -2.63. The Morgan fingerprint density at radius 3 is 2.75 bits per heavy atom. The van der Waals surface area contributed by atoms with Gasteiger partial charge in [-0.15, -0.1) is 10.2 Å². The van der Waals surface area contributed by atoms with Gasteiger partial charge in [0.25, 0.3) is 0 Å². The molecule has 102 valence electrons. The maximum atomic E-state index is 5.49. The molecule has 2 N–H and O–H groups in total. The molecule has 6 nitrogen and oxygen atoms in total. The number of rotatable bonds is 4. The molecule has 0 saturated heterocycles. The number of hydrogen-bond donors (Lipinski definition) is 2. The number of aryl methyl sites for hydroxylation is 2. The first-order valence-electron chi connectivity index (χ1n) is 6.36. The molecule has 0 amide bonds. The van der Waals surface area contributed by atoms with Crippen LogP contribution in [0.2, 0.25) is 0 Å². The Morgan fingerprint density at radius 2 is 2.05 bits per heavy atom. The second kappa shape index (κ2) is 5.16. The summed E-state index contributed by atoms with van der Waals surface area (Å²) in [5.74, 6) is 1.08. The van der Waals surface area contributed by atoms with Gasteiger partial charge in [-0.3, -0.25) is 5.10 Å². The molecule has 2 aromatic heterocycles. The van der Waals surface area contributed by atoms with Crippen LogP contribution in [0.15, 0.2) is 34.9 Å². The van der Waals surface area contributed by atoms with Crippen molar-refractivity contribution in [3.63, 3.8) is 0 Å². The largest absolute Gasteiger partial charge is 0.421 e. The van der Waals surface area contributed by atoms with E-state index in [1.54, 1.807) is 6.92 Å². The maximum Gasteiger partial charge on any atom is 0.249 e. The van der Waals surface area contributed by atoms with Gasteiger partial charge >= 0.3 is 0 Å². The molecule has 0 saturated carbocycles. The quantitative estimate of drug-likeness (QED) is 0.761. The third kappa shape index (κ3) is 2.40. The van der Waals surface area contributed by atoms with Gasteiger partial charge in [-0.05, 0) is 19.1 Å². The zero-order chi connectivity index (χ0) is 13.9. The Kier molecular flexibility index (Phi) is 3.20. The summed E-state index contributed by atoms with van der Waals surface area (Å²) in [5, 5.41) is 18.2. The standard InChI is InChI=1S/C14H15N5O/c1-9-11(8-16-17-9)7-15-13-6-4-3-5-12(13)14-19-18-10(2)20-14/h3-6,8,15H,7H2,1-2H3,(H,16,17). The van der Waals surface area contributed by atoms with Crippen molar-refractivity contribution in [1.29, 1.82) is 0 Å². The molecule has 0 aliphatic heterocycles. The van der Waals surface area contributed by atoms with E-state index < -0.39 is 0 Å². The van der Waals surface area contributed by atoms with Crippen LogP contribution in [-0.4, -0.2) is 20.4 Å². The molecular weight excluding hydrogens is 254 g/mol. The minimum Gasteiger partial charge on any atom is -0.421 e. The van der Waals surface area contributed by atoms with Gasteiger partial charge < -0.3 is 9.73 Å². The van der Waals surface area contributed by atoms with Crippen molar-refractivity contribution < 1.29 is 4.42 Å². The number of aromatic amines is 1. The number of nitrogens with one attached hydrogen (secondary N) is 2. The lowest BCUT2D eigenvalue weighted by Crippen LogP contribution is -2.01. The van der Waals surface area contributed by atoms with E-state index in [1.807, 2.05) is 37.4 Å². The zero-order valence-electron chi connectivity index (χ0n) is 11.3. The lowest BCUT2D eigenvalue weighted by atomic mass is 10.1. The predicted octanol–water partition coefficient (Wildman–Crippen LogP) is 2.69. The molecule has 3 rings (SSSR count). The highest BCUT2D eigenvalue weighted by Crippen LogP contribution is 2.27. The fourth-order valence-corrected chi connectivity index (χ4v) is 1.97. The first-order valence-corrected chi connectivity index (χ1v) is 6.36. The van der Waals surface area contributed by atoms with Gasteiger partial charge in [0.1, 0.15) is 0 Å². The summed E-state index contributed by atoms with van der Waals surface area (Å²) in [4.78, 5) is 0. The van der Waals surface area contributed by atoms with Crippen molar-refractivity contribution in [2.75, 3.05) is 5.32 Å². The van der Waals surface area contributed by atoms with Gasteiger partial charge in [-0.1, -0.05) is 12.1 Å². The van der Waals surface area contributed by atoms with E-state index >= 15 is 0 Å². The molecule has 1 aromatic carbocycles. The number of benzene rings is 1. The van der Waals surface area contributed by atoms with Gasteiger partial charge in [-0.2, -0.15) is 5.10 Å². The summed E-state index contributed by atoms with van der Waals surface area (Å²) in [7, 11) is 0. The van der Waals surface area contributed by atoms with Crippen molar-refractivity contribution in [1.82, 2.24) is 20.4 Å². The summed E-state index contributed by atoms with van der Waals surface area (Å²) >= 11 is 0. The van der Waals surface area contributed by atoms with Crippen LogP contribution < -0.4 is 5.32 Å². The minimum atomic E-state index is 0.523. The molecule has 2 heterocycles. The predicted molar refractivity (Wildman–Crippen MR) is 75.1 cm³/mol. The van der Waals surface area contributed by atoms with Crippen molar-refractivity contribution in [3.05, 3.63) is 47.6 Å². The number of aromatic nitrogens is 4. The van der Waals surface area contributed by atoms with Crippen molar-refractivity contribution >= 4 is 5.69 Å². The van der Waals surface area contributed by atoms with Crippen molar-refractivity contribution in [3.8, 4) is 11.5 Å². The van der Waals surface area contributed by atoms with Crippen LogP contribution >= 0.6 is 0 Å². The van der Waals surface area contributed by atoms with Crippen molar-refractivity contribution in [2.45, 2.75) is 20.4 Å². The van der Waals surface area contributed by atoms with Gasteiger partial charge in [-0.25, -0.2) is 0 Å². The smallest absolute Gasteiger partial charge is 0.249 e. The minimum absolute atomic E-state index is 0.523. The van der Waals surface area contributed by atoms with Crippen LogP contribution in [0.25, 0.3) is 11.5 Å². The highest BCUT2D eigenvalue weighted by Gasteiger charge is 2.11. The fraction of sp³-hybridized carbons (Fsp3) is 0.214. The SMILES string of the molecule is Cc1nnc(-c2ccccc2NCc2cn[nH]c2C)o1. The van der Waals surface area contributed by atoms with E-state index in [4.69, 9.17) is 4.42 Å². The van der Waals surface area contributed by atoms with E-state index in [2.05, 4.69) is 25.7 Å². The first kappa shape index (κ1) is 12.4. The second-order valence-corrected chi connectivity index (χ2v) is 4.55. The molecule has 0 fully saturated rings. The Labute approximate surface area is 116 Å². The first-order chi connectivity index (χ1) is 9.74. The number of hydrogen-bond acceptors (Lipinski definition) is 5. The molecule has 20 heavy (non-hydrogen) atoms. The van der Waals surface area contributed by atoms with E-state index in [0.717, 1.165) is 22.5 Å². The molecule has 3 aromatic rings. The number of anilines is 1. The van der Waals surface area contributed by atoms with Gasteiger partial charge in [0.2, 0.25) is 11.8 Å². The third-order valence-corrected chi connectivity index (χ3v) is 3.09. The molecule has 0 aliphatic carbocycles. The fourth-order valence-electron chi connectivity index (χ4n) is 1.97. The Bertz CT molecular complexity index is 716. The van der Waals surface area contributed by atoms with E-state index in [9.17, 15) is 0 Å². The molecule has 0 bridgehead atoms. The summed E-state index contributed by atoms with van der Waals surface area (Å²) < 4.78 is 5.49. The summed E-state index contributed by atoms with van der Waals surface area (Å²) in [5.41, 5.74) is 4.04. The van der Waals surface area contributed by atoms with Crippen LogP contribution in [0.5, 0.6) is 0 Å². The Morgan fingerprint density at radius 1 is 1.20 bits per heavy atom. The summed E-state index contributed by atoms with van der Waals surface area (Å²) in [6.07, 6.45) is 1.82. The van der Waals surface area contributed by atoms with E-state index in [1.165, 1.54) is 0 Å². The van der Waals surface area contributed by atoms with Crippen LogP contribution in [0, 0.1) is 13.8 Å². The molecule has 6 heteroatoms. The number of para-hydroxylation sites is 1. The third-order valence-electron chi connectivity index (χ3n) is 3.09. The molecule has 0 radical (unpaired) electrons. The average molecular weight is 269 g/mol. The Balaban J connectivity index is 1.85. The van der Waals surface area contributed by atoms with Crippen LogP contribution in [0.4, 0.5) is 5.69 Å². The lowest BCUT2D eigenvalue weighted by molar-refractivity contribution is 0.533.